The summed E-state index contributed by atoms with van der Waals surface area (Å²) in [5.41, 5.74) is 1.89. The maximum Gasteiger partial charge on any atom is 0.259 e. The van der Waals surface area contributed by atoms with Crippen LogP contribution in [0, 0.1) is 5.82 Å². The molecule has 1 atom stereocenters. The van der Waals surface area contributed by atoms with E-state index in [0.717, 1.165) is 16.5 Å². The number of aliphatic hydroxyl groups excluding tert-OH is 1. The molecule has 1 N–H and O–H groups in total. The van der Waals surface area contributed by atoms with Crippen LogP contribution in [-0.2, 0) is 11.3 Å². The van der Waals surface area contributed by atoms with Crippen LogP contribution in [0.15, 0.2) is 60.7 Å². The number of carbonyl (C=O) groups is 1. The Labute approximate surface area is 150 Å². The minimum atomic E-state index is -0.865. The van der Waals surface area contributed by atoms with Crippen molar-refractivity contribution in [1.29, 1.82) is 0 Å². The van der Waals surface area contributed by atoms with Crippen LogP contribution in [0.2, 0.25) is 0 Å². The van der Waals surface area contributed by atoms with Gasteiger partial charge in [-0.05, 0) is 23.6 Å². The second-order valence-corrected chi connectivity index (χ2v) is 6.36. The first-order valence-corrected chi connectivity index (χ1v) is 8.48. The van der Waals surface area contributed by atoms with Crippen molar-refractivity contribution in [2.75, 3.05) is 18.1 Å². The molecule has 3 aromatic rings. The van der Waals surface area contributed by atoms with Gasteiger partial charge in [0.1, 0.15) is 5.82 Å². The maximum absolute atomic E-state index is 13.6. The number of ether oxygens (including phenoxy) is 1. The van der Waals surface area contributed by atoms with Crippen LogP contribution < -0.4 is 4.90 Å². The Hall–Kier alpha value is -2.76. The van der Waals surface area contributed by atoms with E-state index in [1.807, 2.05) is 30.3 Å². The molecule has 132 valence electrons. The fraction of sp³-hybridized carbons (Fsp3) is 0.190. The Balaban J connectivity index is 1.43. The summed E-state index contributed by atoms with van der Waals surface area (Å²) in [5.74, 6) is -0.455. The molecule has 1 heterocycles. The molecule has 0 unspecified atom stereocenters. The van der Waals surface area contributed by atoms with E-state index in [1.165, 1.54) is 6.07 Å². The van der Waals surface area contributed by atoms with Crippen molar-refractivity contribution in [1.82, 2.24) is 0 Å². The zero-order chi connectivity index (χ0) is 18.1. The van der Waals surface area contributed by atoms with Crippen LogP contribution in [0.4, 0.5) is 10.1 Å². The minimum Gasteiger partial charge on any atom is -0.389 e. The highest BCUT2D eigenvalue weighted by molar-refractivity contribution is 6.25. The van der Waals surface area contributed by atoms with Crippen LogP contribution in [0.25, 0.3) is 10.8 Å². The molecule has 0 saturated carbocycles. The number of amides is 1. The van der Waals surface area contributed by atoms with E-state index in [-0.39, 0.29) is 31.5 Å². The van der Waals surface area contributed by atoms with Gasteiger partial charge in [-0.3, -0.25) is 4.79 Å². The van der Waals surface area contributed by atoms with Gasteiger partial charge in [-0.2, -0.15) is 0 Å². The van der Waals surface area contributed by atoms with Gasteiger partial charge >= 0.3 is 0 Å². The highest BCUT2D eigenvalue weighted by atomic mass is 19.1. The van der Waals surface area contributed by atoms with Gasteiger partial charge < -0.3 is 14.7 Å². The number of rotatable bonds is 6. The van der Waals surface area contributed by atoms with E-state index in [0.29, 0.717) is 11.1 Å². The van der Waals surface area contributed by atoms with Crippen LogP contribution >= 0.6 is 0 Å². The number of β-amino-alcohol motifs (C(OH)–C–C–N with tert-alkyl or cyclic N) is 1. The summed E-state index contributed by atoms with van der Waals surface area (Å²) in [6, 6.07) is 17.7. The molecule has 1 aliphatic rings. The van der Waals surface area contributed by atoms with Crippen molar-refractivity contribution in [2.45, 2.75) is 12.7 Å². The summed E-state index contributed by atoms with van der Waals surface area (Å²) >= 11 is 0. The third-order valence-electron chi connectivity index (χ3n) is 4.57. The average Bonchev–Trinajstić information content (AvgIpc) is 2.91. The number of carbonyl (C=O) groups excluding carboxylic acids is 1. The van der Waals surface area contributed by atoms with E-state index in [4.69, 9.17) is 4.74 Å². The van der Waals surface area contributed by atoms with Gasteiger partial charge in [0, 0.05) is 16.5 Å². The third kappa shape index (κ3) is 2.96. The predicted molar refractivity (Wildman–Crippen MR) is 97.7 cm³/mol. The fourth-order valence-electron chi connectivity index (χ4n) is 3.34. The Kier molecular flexibility index (Phi) is 4.41. The predicted octanol–water partition coefficient (Wildman–Crippen LogP) is 3.52. The molecule has 4 nitrogen and oxygen atoms in total. The lowest BCUT2D eigenvalue weighted by molar-refractivity contribution is 0.0307. The summed E-state index contributed by atoms with van der Waals surface area (Å²) in [6.45, 7) is 0.224. The van der Waals surface area contributed by atoms with Crippen LogP contribution in [0.1, 0.15) is 15.9 Å². The van der Waals surface area contributed by atoms with E-state index < -0.39 is 6.10 Å². The first-order valence-electron chi connectivity index (χ1n) is 8.48. The quantitative estimate of drug-likeness (QED) is 0.739. The lowest BCUT2D eigenvalue weighted by atomic mass is 10.1. The molecular weight excluding hydrogens is 333 g/mol. The lowest BCUT2D eigenvalue weighted by Crippen LogP contribution is -2.37. The van der Waals surface area contributed by atoms with Gasteiger partial charge in [0.2, 0.25) is 0 Å². The topological polar surface area (TPSA) is 49.8 Å². The highest BCUT2D eigenvalue weighted by Gasteiger charge is 2.30. The molecule has 3 aromatic carbocycles. The van der Waals surface area contributed by atoms with Crippen molar-refractivity contribution in [3.63, 3.8) is 0 Å². The highest BCUT2D eigenvalue weighted by Crippen LogP contribution is 2.37. The zero-order valence-electron chi connectivity index (χ0n) is 14.1. The summed E-state index contributed by atoms with van der Waals surface area (Å²) < 4.78 is 19.0. The first-order chi connectivity index (χ1) is 12.6. The molecule has 0 radical (unpaired) electrons. The first kappa shape index (κ1) is 16.7. The number of benzene rings is 3. The second kappa shape index (κ2) is 6.86. The Morgan fingerprint density at radius 2 is 1.81 bits per heavy atom. The van der Waals surface area contributed by atoms with Crippen LogP contribution in [0.5, 0.6) is 0 Å². The number of aliphatic hydroxyl groups is 1. The molecule has 26 heavy (non-hydrogen) atoms. The molecule has 0 fully saturated rings. The monoisotopic (exact) mass is 351 g/mol. The van der Waals surface area contributed by atoms with E-state index in [2.05, 4.69) is 0 Å². The molecule has 0 saturated heterocycles. The molecule has 1 aliphatic heterocycles. The average molecular weight is 351 g/mol. The molecule has 4 rings (SSSR count). The van der Waals surface area contributed by atoms with Crippen molar-refractivity contribution in [3.05, 3.63) is 77.6 Å². The summed E-state index contributed by atoms with van der Waals surface area (Å²) in [6.07, 6.45) is -0.865. The molecule has 0 spiro atoms. The Bertz CT molecular complexity index is 967. The van der Waals surface area contributed by atoms with Gasteiger partial charge in [-0.15, -0.1) is 0 Å². The van der Waals surface area contributed by atoms with Gasteiger partial charge in [-0.1, -0.05) is 42.5 Å². The van der Waals surface area contributed by atoms with Crippen molar-refractivity contribution >= 4 is 22.4 Å². The number of anilines is 1. The minimum absolute atomic E-state index is 0.0183. The normalized spacial score (nSPS) is 14.2. The lowest BCUT2D eigenvalue weighted by Gasteiger charge is -2.21. The molecule has 0 aliphatic carbocycles. The fourth-order valence-corrected chi connectivity index (χ4v) is 3.34. The summed E-state index contributed by atoms with van der Waals surface area (Å²) in [4.78, 5) is 14.3. The molecule has 0 bridgehead atoms. The Morgan fingerprint density at radius 1 is 1.04 bits per heavy atom. The number of nitrogens with zero attached hydrogens (tertiary/aromatic N) is 1. The van der Waals surface area contributed by atoms with Gasteiger partial charge in [0.15, 0.2) is 0 Å². The SMILES string of the molecule is O=C1c2cccc3cccc(c23)N1C[C@@H](O)COCc1ccccc1F. The van der Waals surface area contributed by atoms with Gasteiger partial charge in [0.25, 0.3) is 5.91 Å². The van der Waals surface area contributed by atoms with Gasteiger partial charge in [0.05, 0.1) is 31.5 Å². The van der Waals surface area contributed by atoms with E-state index in [1.54, 1.807) is 29.2 Å². The summed E-state index contributed by atoms with van der Waals surface area (Å²) in [5, 5.41) is 12.2. The molecule has 0 aromatic heterocycles. The number of halogens is 1. The maximum atomic E-state index is 13.6. The van der Waals surface area contributed by atoms with E-state index in [9.17, 15) is 14.3 Å². The Morgan fingerprint density at radius 3 is 2.62 bits per heavy atom. The second-order valence-electron chi connectivity index (χ2n) is 6.36. The largest absolute Gasteiger partial charge is 0.389 e. The van der Waals surface area contributed by atoms with Crippen molar-refractivity contribution in [3.8, 4) is 0 Å². The molecule has 1 amide bonds. The van der Waals surface area contributed by atoms with Crippen molar-refractivity contribution < 1.29 is 19.0 Å². The van der Waals surface area contributed by atoms with Crippen molar-refractivity contribution in [2.24, 2.45) is 0 Å². The van der Waals surface area contributed by atoms with Gasteiger partial charge in [-0.25, -0.2) is 4.39 Å². The molecule has 5 heteroatoms. The smallest absolute Gasteiger partial charge is 0.259 e. The third-order valence-corrected chi connectivity index (χ3v) is 4.57. The molecular formula is C21H18FNO3. The number of hydrogen-bond acceptors (Lipinski definition) is 3. The summed E-state index contributed by atoms with van der Waals surface area (Å²) in [7, 11) is 0. The van der Waals surface area contributed by atoms with Crippen LogP contribution in [0.3, 0.4) is 0 Å². The number of hydrogen-bond donors (Lipinski definition) is 1. The zero-order valence-corrected chi connectivity index (χ0v) is 14.1. The van der Waals surface area contributed by atoms with Crippen LogP contribution in [-0.4, -0.2) is 30.3 Å². The van der Waals surface area contributed by atoms with E-state index >= 15 is 0 Å². The standard InChI is InChI=1S/C21H18FNO3/c22-18-9-2-1-5-15(18)12-26-13-16(24)11-23-19-10-4-7-14-6-3-8-17(20(14)19)21(23)25/h1-10,16,24H,11-13H2/t16-/m1/s1.